The van der Waals surface area contributed by atoms with Gasteiger partial charge in [0.25, 0.3) is 0 Å². The van der Waals surface area contributed by atoms with E-state index in [0.29, 0.717) is 0 Å². The summed E-state index contributed by atoms with van der Waals surface area (Å²) in [5, 5.41) is 11.1. The number of carboxylic acids is 1. The SMILES string of the molecule is C=CC(=O)N(C)c1ccc(Cl)c2c1CNC2.O=C(O)C(F)(F)F. The van der Waals surface area contributed by atoms with E-state index in [1.165, 1.54) is 6.08 Å². The minimum absolute atomic E-state index is 0.114. The van der Waals surface area contributed by atoms with Gasteiger partial charge in [0.05, 0.1) is 0 Å². The van der Waals surface area contributed by atoms with Gasteiger partial charge in [-0.3, -0.25) is 4.79 Å². The van der Waals surface area contributed by atoms with Crippen molar-refractivity contribution >= 4 is 29.2 Å². The molecule has 1 heterocycles. The third kappa shape index (κ3) is 4.70. The Kier molecular flexibility index (Phi) is 6.17. The van der Waals surface area contributed by atoms with Crippen LogP contribution in [-0.2, 0) is 22.7 Å². The number of likely N-dealkylation sites (N-methyl/N-ethyl adjacent to an activating group) is 1. The van der Waals surface area contributed by atoms with Crippen molar-refractivity contribution in [3.63, 3.8) is 0 Å². The molecule has 0 radical (unpaired) electrons. The Morgan fingerprint density at radius 1 is 1.35 bits per heavy atom. The first-order valence-corrected chi connectivity index (χ1v) is 6.68. The molecule has 0 fully saturated rings. The van der Waals surface area contributed by atoms with Gasteiger partial charge in [-0.2, -0.15) is 13.2 Å². The van der Waals surface area contributed by atoms with E-state index in [4.69, 9.17) is 21.5 Å². The lowest BCUT2D eigenvalue weighted by molar-refractivity contribution is -0.192. The summed E-state index contributed by atoms with van der Waals surface area (Å²) in [6, 6.07) is 3.70. The summed E-state index contributed by atoms with van der Waals surface area (Å²) >= 11 is 6.10. The van der Waals surface area contributed by atoms with Crippen LogP contribution in [0.4, 0.5) is 18.9 Å². The summed E-state index contributed by atoms with van der Waals surface area (Å²) in [5.41, 5.74) is 3.09. The Balaban J connectivity index is 0.000000322. The van der Waals surface area contributed by atoms with Crippen LogP contribution in [0.15, 0.2) is 24.8 Å². The van der Waals surface area contributed by atoms with Crippen LogP contribution in [0.2, 0.25) is 5.02 Å². The molecule has 0 spiro atoms. The Morgan fingerprint density at radius 3 is 2.35 bits per heavy atom. The van der Waals surface area contributed by atoms with Crippen molar-refractivity contribution in [2.75, 3.05) is 11.9 Å². The monoisotopic (exact) mass is 350 g/mol. The maximum absolute atomic E-state index is 11.6. The number of aliphatic carboxylic acids is 1. The Labute approximate surface area is 135 Å². The first-order valence-electron chi connectivity index (χ1n) is 6.30. The molecule has 1 aliphatic rings. The molecule has 5 nitrogen and oxygen atoms in total. The second-order valence-corrected chi connectivity index (χ2v) is 4.94. The highest BCUT2D eigenvalue weighted by Gasteiger charge is 2.38. The average molecular weight is 351 g/mol. The van der Waals surface area contributed by atoms with E-state index in [2.05, 4.69) is 11.9 Å². The molecule has 1 aromatic carbocycles. The number of benzene rings is 1. The molecule has 0 aliphatic carbocycles. The fraction of sp³-hybridized carbons (Fsp3) is 0.286. The predicted molar refractivity (Wildman–Crippen MR) is 79.3 cm³/mol. The van der Waals surface area contributed by atoms with Gasteiger partial charge in [-0.15, -0.1) is 0 Å². The number of carboxylic acid groups (broad SMARTS) is 1. The van der Waals surface area contributed by atoms with Crippen molar-refractivity contribution in [3.05, 3.63) is 40.9 Å². The van der Waals surface area contributed by atoms with Gasteiger partial charge in [0.15, 0.2) is 0 Å². The van der Waals surface area contributed by atoms with E-state index in [-0.39, 0.29) is 5.91 Å². The molecule has 0 bridgehead atoms. The van der Waals surface area contributed by atoms with Crippen molar-refractivity contribution in [2.45, 2.75) is 19.3 Å². The Bertz CT molecular complexity index is 632. The fourth-order valence-corrected chi connectivity index (χ4v) is 2.17. The van der Waals surface area contributed by atoms with Crippen molar-refractivity contribution in [3.8, 4) is 0 Å². The third-order valence-electron chi connectivity index (χ3n) is 3.06. The molecule has 126 valence electrons. The van der Waals surface area contributed by atoms with Gasteiger partial charge in [-0.25, -0.2) is 4.79 Å². The topological polar surface area (TPSA) is 69.6 Å². The van der Waals surface area contributed by atoms with Crippen molar-refractivity contribution in [2.24, 2.45) is 0 Å². The minimum atomic E-state index is -5.08. The van der Waals surface area contributed by atoms with Gasteiger partial charge in [-0.05, 0) is 29.3 Å². The summed E-state index contributed by atoms with van der Waals surface area (Å²) in [4.78, 5) is 22.0. The smallest absolute Gasteiger partial charge is 0.475 e. The highest BCUT2D eigenvalue weighted by Crippen LogP contribution is 2.32. The zero-order valence-electron chi connectivity index (χ0n) is 12.1. The number of carbonyl (C=O) groups excluding carboxylic acids is 1. The second kappa shape index (κ2) is 7.47. The molecular formula is C14H14ClF3N2O3. The van der Waals surface area contributed by atoms with E-state index >= 15 is 0 Å². The highest BCUT2D eigenvalue weighted by atomic mass is 35.5. The number of rotatable bonds is 2. The lowest BCUT2D eigenvalue weighted by atomic mass is 10.1. The number of alkyl halides is 3. The van der Waals surface area contributed by atoms with Gasteiger partial charge < -0.3 is 15.3 Å². The van der Waals surface area contributed by atoms with Gasteiger partial charge in [0, 0.05) is 30.8 Å². The van der Waals surface area contributed by atoms with Crippen molar-refractivity contribution in [1.82, 2.24) is 5.32 Å². The van der Waals surface area contributed by atoms with Crippen LogP contribution in [-0.4, -0.2) is 30.2 Å². The lowest BCUT2D eigenvalue weighted by Crippen LogP contribution is -2.25. The molecule has 0 aromatic heterocycles. The van der Waals surface area contributed by atoms with Crippen molar-refractivity contribution < 1.29 is 27.9 Å². The average Bonchev–Trinajstić information content (AvgIpc) is 2.96. The Hall–Kier alpha value is -2.06. The number of anilines is 1. The summed E-state index contributed by atoms with van der Waals surface area (Å²) in [6.45, 7) is 5.00. The third-order valence-corrected chi connectivity index (χ3v) is 3.42. The summed E-state index contributed by atoms with van der Waals surface area (Å²) < 4.78 is 31.7. The van der Waals surface area contributed by atoms with Gasteiger partial charge in [-0.1, -0.05) is 18.2 Å². The maximum atomic E-state index is 11.6. The number of nitrogens with one attached hydrogen (secondary N) is 1. The van der Waals surface area contributed by atoms with Gasteiger partial charge in [0.2, 0.25) is 5.91 Å². The van der Waals surface area contributed by atoms with E-state index in [0.717, 1.165) is 34.9 Å². The van der Waals surface area contributed by atoms with Crippen LogP contribution in [0, 0.1) is 0 Å². The molecule has 1 aromatic rings. The first kappa shape index (κ1) is 19.0. The summed E-state index contributed by atoms with van der Waals surface area (Å²) in [5.74, 6) is -2.87. The number of nitrogens with zero attached hydrogens (tertiary/aromatic N) is 1. The molecule has 1 aliphatic heterocycles. The highest BCUT2D eigenvalue weighted by molar-refractivity contribution is 6.31. The molecule has 2 N–H and O–H groups in total. The second-order valence-electron chi connectivity index (χ2n) is 4.53. The lowest BCUT2D eigenvalue weighted by Gasteiger charge is -2.19. The molecule has 0 unspecified atom stereocenters. The number of halogens is 4. The molecular weight excluding hydrogens is 337 g/mol. The number of amides is 1. The van der Waals surface area contributed by atoms with Crippen molar-refractivity contribution in [1.29, 1.82) is 0 Å². The number of hydrogen-bond donors (Lipinski definition) is 2. The minimum Gasteiger partial charge on any atom is -0.475 e. The van der Waals surface area contributed by atoms with E-state index in [9.17, 15) is 18.0 Å². The normalized spacial score (nSPS) is 12.7. The zero-order valence-corrected chi connectivity index (χ0v) is 12.8. The van der Waals surface area contributed by atoms with Crippen LogP contribution in [0.25, 0.3) is 0 Å². The van der Waals surface area contributed by atoms with Crippen LogP contribution in [0.1, 0.15) is 11.1 Å². The summed E-state index contributed by atoms with van der Waals surface area (Å²) in [7, 11) is 1.74. The predicted octanol–water partition coefficient (Wildman–Crippen LogP) is 2.73. The van der Waals surface area contributed by atoms with E-state index < -0.39 is 12.1 Å². The standard InChI is InChI=1S/C12H13ClN2O.C2HF3O2/c1-3-12(16)15(2)11-5-4-10(13)8-6-14-7-9(8)11;3-2(4,5)1(6)7/h3-5,14H,1,6-7H2,2H3;(H,6,7). The van der Waals surface area contributed by atoms with E-state index in [1.54, 1.807) is 11.9 Å². The fourth-order valence-electron chi connectivity index (χ4n) is 1.92. The molecule has 2 rings (SSSR count). The largest absolute Gasteiger partial charge is 0.490 e. The number of fused-ring (bicyclic) bond motifs is 1. The molecule has 1 amide bonds. The molecule has 0 saturated heterocycles. The Morgan fingerprint density at radius 2 is 1.87 bits per heavy atom. The van der Waals surface area contributed by atoms with Crippen LogP contribution < -0.4 is 10.2 Å². The molecule has 9 heteroatoms. The molecule has 0 atom stereocenters. The zero-order chi connectivity index (χ0) is 17.8. The molecule has 0 saturated carbocycles. The molecule has 23 heavy (non-hydrogen) atoms. The summed E-state index contributed by atoms with van der Waals surface area (Å²) in [6.07, 6.45) is -3.77. The van der Waals surface area contributed by atoms with Crippen LogP contribution >= 0.6 is 11.6 Å². The van der Waals surface area contributed by atoms with Gasteiger partial charge >= 0.3 is 12.1 Å². The van der Waals surface area contributed by atoms with Crippen LogP contribution in [0.5, 0.6) is 0 Å². The maximum Gasteiger partial charge on any atom is 0.490 e. The van der Waals surface area contributed by atoms with Crippen LogP contribution in [0.3, 0.4) is 0 Å². The quantitative estimate of drug-likeness (QED) is 0.805. The first-order chi connectivity index (χ1) is 10.6. The van der Waals surface area contributed by atoms with E-state index in [1.807, 2.05) is 12.1 Å². The van der Waals surface area contributed by atoms with Gasteiger partial charge in [0.1, 0.15) is 0 Å². The number of hydrogen-bond acceptors (Lipinski definition) is 3. The number of carbonyl (C=O) groups is 2.